The first kappa shape index (κ1) is 12.8. The molecule has 0 aliphatic rings. The SMILES string of the molecule is CNC[C@H](C)[C@@H](O)[C@H](O)[C@H](O)CO. The van der Waals surface area contributed by atoms with E-state index in [1.165, 1.54) is 0 Å². The molecule has 13 heavy (non-hydrogen) atoms. The summed E-state index contributed by atoms with van der Waals surface area (Å²) in [6.07, 6.45) is -3.61. The van der Waals surface area contributed by atoms with Crippen molar-refractivity contribution in [2.75, 3.05) is 20.2 Å². The van der Waals surface area contributed by atoms with E-state index in [0.717, 1.165) is 0 Å². The molecule has 0 fully saturated rings. The fourth-order valence-corrected chi connectivity index (χ4v) is 1.11. The Hall–Kier alpha value is -0.200. The number of aliphatic hydroxyl groups is 4. The first-order valence-corrected chi connectivity index (χ1v) is 4.34. The molecular formula is C8H19NO4. The van der Waals surface area contributed by atoms with Gasteiger partial charge < -0.3 is 25.7 Å². The Morgan fingerprint density at radius 2 is 1.69 bits per heavy atom. The van der Waals surface area contributed by atoms with Gasteiger partial charge in [0.05, 0.1) is 12.7 Å². The van der Waals surface area contributed by atoms with E-state index >= 15 is 0 Å². The molecule has 4 atom stereocenters. The Morgan fingerprint density at radius 1 is 1.15 bits per heavy atom. The number of aliphatic hydroxyl groups excluding tert-OH is 4. The molecule has 0 saturated heterocycles. The summed E-state index contributed by atoms with van der Waals surface area (Å²) in [5, 5.41) is 39.2. The standard InChI is InChI=1S/C8H19NO4/c1-5(3-9-2)7(12)8(13)6(11)4-10/h5-13H,3-4H2,1-2H3/t5-,6+,7+,8+/m0/s1. The van der Waals surface area contributed by atoms with E-state index in [1.807, 2.05) is 0 Å². The molecule has 0 unspecified atom stereocenters. The summed E-state index contributed by atoms with van der Waals surface area (Å²) >= 11 is 0. The summed E-state index contributed by atoms with van der Waals surface area (Å²) in [5.74, 6) is -0.179. The van der Waals surface area contributed by atoms with Gasteiger partial charge in [-0.05, 0) is 19.5 Å². The predicted octanol–water partition coefficient (Wildman–Crippen LogP) is -2.08. The van der Waals surface area contributed by atoms with E-state index in [0.29, 0.717) is 6.54 Å². The van der Waals surface area contributed by atoms with E-state index in [2.05, 4.69) is 5.32 Å². The minimum atomic E-state index is -1.30. The van der Waals surface area contributed by atoms with Gasteiger partial charge in [-0.2, -0.15) is 0 Å². The van der Waals surface area contributed by atoms with Crippen LogP contribution < -0.4 is 5.32 Å². The zero-order chi connectivity index (χ0) is 10.4. The average Bonchev–Trinajstić information content (AvgIpc) is 2.14. The Kier molecular flexibility index (Phi) is 6.19. The third kappa shape index (κ3) is 4.02. The minimum Gasteiger partial charge on any atom is -0.394 e. The van der Waals surface area contributed by atoms with E-state index in [-0.39, 0.29) is 5.92 Å². The van der Waals surface area contributed by atoms with Gasteiger partial charge in [0, 0.05) is 0 Å². The molecule has 80 valence electrons. The zero-order valence-corrected chi connectivity index (χ0v) is 8.01. The highest BCUT2D eigenvalue weighted by atomic mass is 16.4. The lowest BCUT2D eigenvalue weighted by molar-refractivity contribution is -0.0917. The molecule has 5 heteroatoms. The van der Waals surface area contributed by atoms with E-state index in [9.17, 15) is 10.2 Å². The van der Waals surface area contributed by atoms with Crippen LogP contribution in [-0.4, -0.2) is 58.9 Å². The predicted molar refractivity (Wildman–Crippen MR) is 48.2 cm³/mol. The highest BCUT2D eigenvalue weighted by molar-refractivity contribution is 4.79. The molecular weight excluding hydrogens is 174 g/mol. The van der Waals surface area contributed by atoms with Crippen molar-refractivity contribution in [3.05, 3.63) is 0 Å². The summed E-state index contributed by atoms with van der Waals surface area (Å²) in [6.45, 7) is 1.73. The van der Waals surface area contributed by atoms with Crippen LogP contribution in [0, 0.1) is 5.92 Å². The van der Waals surface area contributed by atoms with Crippen LogP contribution in [0.5, 0.6) is 0 Å². The van der Waals surface area contributed by atoms with Crippen LogP contribution in [0.1, 0.15) is 6.92 Å². The van der Waals surface area contributed by atoms with Gasteiger partial charge in [-0.3, -0.25) is 0 Å². The third-order valence-electron chi connectivity index (χ3n) is 2.04. The molecule has 5 nitrogen and oxygen atoms in total. The van der Waals surface area contributed by atoms with Crippen molar-refractivity contribution >= 4 is 0 Å². The topological polar surface area (TPSA) is 93.0 Å². The van der Waals surface area contributed by atoms with Gasteiger partial charge in [0.25, 0.3) is 0 Å². The molecule has 0 bridgehead atoms. The van der Waals surface area contributed by atoms with Crippen molar-refractivity contribution in [3.63, 3.8) is 0 Å². The van der Waals surface area contributed by atoms with Crippen LogP contribution in [0.3, 0.4) is 0 Å². The zero-order valence-electron chi connectivity index (χ0n) is 8.01. The van der Waals surface area contributed by atoms with Crippen LogP contribution in [-0.2, 0) is 0 Å². The normalized spacial score (nSPS) is 20.8. The molecule has 0 saturated carbocycles. The molecule has 0 aliphatic carbocycles. The number of nitrogens with one attached hydrogen (secondary N) is 1. The molecule has 0 aromatic heterocycles. The molecule has 0 aliphatic heterocycles. The molecule has 0 amide bonds. The minimum absolute atomic E-state index is 0.179. The smallest absolute Gasteiger partial charge is 0.108 e. The lowest BCUT2D eigenvalue weighted by atomic mass is 9.96. The van der Waals surface area contributed by atoms with Gasteiger partial charge in [-0.15, -0.1) is 0 Å². The van der Waals surface area contributed by atoms with Crippen molar-refractivity contribution in [1.82, 2.24) is 5.32 Å². The lowest BCUT2D eigenvalue weighted by Gasteiger charge is -2.26. The second-order valence-electron chi connectivity index (χ2n) is 3.27. The number of rotatable bonds is 6. The third-order valence-corrected chi connectivity index (χ3v) is 2.04. The maximum Gasteiger partial charge on any atom is 0.108 e. The van der Waals surface area contributed by atoms with Crippen molar-refractivity contribution < 1.29 is 20.4 Å². The maximum absolute atomic E-state index is 9.46. The van der Waals surface area contributed by atoms with Crippen molar-refractivity contribution in [2.24, 2.45) is 5.92 Å². The van der Waals surface area contributed by atoms with E-state index < -0.39 is 24.9 Å². The largest absolute Gasteiger partial charge is 0.394 e. The second-order valence-corrected chi connectivity index (χ2v) is 3.27. The number of hydrogen-bond donors (Lipinski definition) is 5. The van der Waals surface area contributed by atoms with Gasteiger partial charge in [0.2, 0.25) is 0 Å². The van der Waals surface area contributed by atoms with Crippen LogP contribution in [0.15, 0.2) is 0 Å². The second kappa shape index (κ2) is 6.28. The fraction of sp³-hybridized carbons (Fsp3) is 1.00. The van der Waals surface area contributed by atoms with Crippen LogP contribution in [0.2, 0.25) is 0 Å². The van der Waals surface area contributed by atoms with Crippen LogP contribution in [0.25, 0.3) is 0 Å². The van der Waals surface area contributed by atoms with Crippen molar-refractivity contribution in [1.29, 1.82) is 0 Å². The van der Waals surface area contributed by atoms with E-state index in [4.69, 9.17) is 10.2 Å². The van der Waals surface area contributed by atoms with Gasteiger partial charge in [0.15, 0.2) is 0 Å². The number of hydrogen-bond acceptors (Lipinski definition) is 5. The Bertz CT molecular complexity index is 133. The van der Waals surface area contributed by atoms with Crippen LogP contribution in [0.4, 0.5) is 0 Å². The van der Waals surface area contributed by atoms with Gasteiger partial charge in [-0.1, -0.05) is 6.92 Å². The lowest BCUT2D eigenvalue weighted by Crippen LogP contribution is -2.44. The first-order valence-electron chi connectivity index (χ1n) is 4.34. The van der Waals surface area contributed by atoms with E-state index in [1.54, 1.807) is 14.0 Å². The first-order chi connectivity index (χ1) is 6.04. The molecule has 0 radical (unpaired) electrons. The molecule has 0 heterocycles. The maximum atomic E-state index is 9.46. The Balaban J connectivity index is 3.99. The summed E-state index contributed by atoms with van der Waals surface area (Å²) in [7, 11) is 1.73. The van der Waals surface area contributed by atoms with Gasteiger partial charge in [0.1, 0.15) is 12.2 Å². The fourth-order valence-electron chi connectivity index (χ4n) is 1.11. The van der Waals surface area contributed by atoms with Gasteiger partial charge >= 0.3 is 0 Å². The van der Waals surface area contributed by atoms with Crippen LogP contribution >= 0.6 is 0 Å². The highest BCUT2D eigenvalue weighted by Crippen LogP contribution is 2.09. The Labute approximate surface area is 78.0 Å². The van der Waals surface area contributed by atoms with Gasteiger partial charge in [-0.25, -0.2) is 0 Å². The molecule has 0 aromatic rings. The average molecular weight is 193 g/mol. The quantitative estimate of drug-likeness (QED) is 0.334. The summed E-state index contributed by atoms with van der Waals surface area (Å²) in [4.78, 5) is 0. The monoisotopic (exact) mass is 193 g/mol. The van der Waals surface area contributed by atoms with Crippen molar-refractivity contribution in [2.45, 2.75) is 25.2 Å². The molecule has 0 rings (SSSR count). The molecule has 5 N–H and O–H groups in total. The summed E-state index contributed by atoms with van der Waals surface area (Å²) in [5.41, 5.74) is 0. The Morgan fingerprint density at radius 3 is 2.08 bits per heavy atom. The molecule has 0 aromatic carbocycles. The summed E-state index contributed by atoms with van der Waals surface area (Å²) < 4.78 is 0. The molecule has 0 spiro atoms. The van der Waals surface area contributed by atoms with Crippen molar-refractivity contribution in [3.8, 4) is 0 Å². The highest BCUT2D eigenvalue weighted by Gasteiger charge is 2.27. The summed E-state index contributed by atoms with van der Waals surface area (Å²) in [6, 6.07) is 0.